The maximum absolute atomic E-state index is 6.02. The summed E-state index contributed by atoms with van der Waals surface area (Å²) in [7, 11) is 0. The molecule has 1 aliphatic heterocycles. The SMILES string of the molecule is Cc1cc(C)n(CCCN=C(N)N2CCCCC2)n1.I. The molecule has 0 saturated carbocycles. The quantitative estimate of drug-likeness (QED) is 0.371. The number of guanidine groups is 1. The van der Waals surface area contributed by atoms with Crippen molar-refractivity contribution in [3.05, 3.63) is 17.5 Å². The highest BCUT2D eigenvalue weighted by atomic mass is 127. The lowest BCUT2D eigenvalue weighted by Gasteiger charge is -2.27. The summed E-state index contributed by atoms with van der Waals surface area (Å²) in [5.41, 5.74) is 8.31. The number of piperidine rings is 1. The number of aryl methyl sites for hydroxylation is 3. The summed E-state index contributed by atoms with van der Waals surface area (Å²) < 4.78 is 2.04. The highest BCUT2D eigenvalue weighted by Gasteiger charge is 2.11. The Balaban J connectivity index is 0.00000200. The molecule has 2 N–H and O–H groups in total. The summed E-state index contributed by atoms with van der Waals surface area (Å²) in [6.45, 7) is 7.93. The van der Waals surface area contributed by atoms with E-state index in [9.17, 15) is 0 Å². The van der Waals surface area contributed by atoms with Crippen LogP contribution in [-0.2, 0) is 6.54 Å². The Hall–Kier alpha value is -0.790. The third-order valence-electron chi connectivity index (χ3n) is 3.59. The first kappa shape index (κ1) is 17.3. The average molecular weight is 391 g/mol. The van der Waals surface area contributed by atoms with Gasteiger partial charge in [-0.25, -0.2) is 0 Å². The smallest absolute Gasteiger partial charge is 0.191 e. The van der Waals surface area contributed by atoms with E-state index in [0.29, 0.717) is 5.96 Å². The van der Waals surface area contributed by atoms with Crippen molar-refractivity contribution in [1.29, 1.82) is 0 Å². The molecule has 0 aliphatic carbocycles. The summed E-state index contributed by atoms with van der Waals surface area (Å²) in [4.78, 5) is 6.68. The van der Waals surface area contributed by atoms with Crippen LogP contribution >= 0.6 is 24.0 Å². The number of aliphatic imine (C=N–C) groups is 1. The molecule has 0 radical (unpaired) electrons. The number of hydrogen-bond acceptors (Lipinski definition) is 2. The molecule has 0 bridgehead atoms. The Labute approximate surface area is 138 Å². The molecule has 1 aromatic rings. The molecule has 1 fully saturated rings. The Morgan fingerprint density at radius 2 is 2.00 bits per heavy atom. The average Bonchev–Trinajstić information content (AvgIpc) is 2.74. The van der Waals surface area contributed by atoms with E-state index in [-0.39, 0.29) is 24.0 Å². The van der Waals surface area contributed by atoms with Crippen molar-refractivity contribution in [2.75, 3.05) is 19.6 Å². The largest absolute Gasteiger partial charge is 0.370 e. The first-order valence-corrected chi connectivity index (χ1v) is 7.23. The molecule has 5 nitrogen and oxygen atoms in total. The van der Waals surface area contributed by atoms with Gasteiger partial charge in [0.15, 0.2) is 5.96 Å². The van der Waals surface area contributed by atoms with Crippen LogP contribution in [-0.4, -0.2) is 40.3 Å². The second-order valence-corrected chi connectivity index (χ2v) is 5.29. The number of hydrogen-bond donors (Lipinski definition) is 1. The number of nitrogens with two attached hydrogens (primary N) is 1. The van der Waals surface area contributed by atoms with Crippen LogP contribution in [0.2, 0.25) is 0 Å². The molecule has 1 saturated heterocycles. The third-order valence-corrected chi connectivity index (χ3v) is 3.59. The lowest BCUT2D eigenvalue weighted by atomic mass is 10.1. The molecule has 20 heavy (non-hydrogen) atoms. The van der Waals surface area contributed by atoms with Gasteiger partial charge in [0, 0.05) is 31.9 Å². The fourth-order valence-electron chi connectivity index (χ4n) is 2.54. The van der Waals surface area contributed by atoms with Crippen molar-refractivity contribution in [3.8, 4) is 0 Å². The van der Waals surface area contributed by atoms with Crippen molar-refractivity contribution >= 4 is 29.9 Å². The first-order chi connectivity index (χ1) is 9.16. The summed E-state index contributed by atoms with van der Waals surface area (Å²) >= 11 is 0. The maximum Gasteiger partial charge on any atom is 0.191 e. The van der Waals surface area contributed by atoms with Crippen LogP contribution in [0, 0.1) is 13.8 Å². The Morgan fingerprint density at radius 1 is 1.30 bits per heavy atom. The van der Waals surface area contributed by atoms with Crippen LogP contribution < -0.4 is 5.73 Å². The summed E-state index contributed by atoms with van der Waals surface area (Å²) in [5.74, 6) is 0.716. The monoisotopic (exact) mass is 391 g/mol. The minimum Gasteiger partial charge on any atom is -0.370 e. The highest BCUT2D eigenvalue weighted by Crippen LogP contribution is 2.08. The topological polar surface area (TPSA) is 59.4 Å². The van der Waals surface area contributed by atoms with E-state index in [4.69, 9.17) is 5.73 Å². The second-order valence-electron chi connectivity index (χ2n) is 5.29. The van der Waals surface area contributed by atoms with Crippen LogP contribution in [0.1, 0.15) is 37.1 Å². The molecule has 6 heteroatoms. The minimum atomic E-state index is 0. The lowest BCUT2D eigenvalue weighted by molar-refractivity contribution is 0.338. The fraction of sp³-hybridized carbons (Fsp3) is 0.714. The molecular formula is C14H26IN5. The second kappa shape index (κ2) is 8.49. The van der Waals surface area contributed by atoms with Crippen LogP contribution in [0.4, 0.5) is 0 Å². The molecule has 1 aromatic heterocycles. The molecule has 1 aliphatic rings. The lowest BCUT2D eigenvalue weighted by Crippen LogP contribution is -2.40. The van der Waals surface area contributed by atoms with E-state index in [2.05, 4.69) is 28.0 Å². The van der Waals surface area contributed by atoms with Gasteiger partial charge in [0.05, 0.1) is 5.69 Å². The van der Waals surface area contributed by atoms with Crippen molar-refractivity contribution in [1.82, 2.24) is 14.7 Å². The van der Waals surface area contributed by atoms with E-state index in [1.54, 1.807) is 0 Å². The zero-order valence-electron chi connectivity index (χ0n) is 12.5. The molecular weight excluding hydrogens is 365 g/mol. The summed E-state index contributed by atoms with van der Waals surface area (Å²) in [5, 5.41) is 4.44. The van der Waals surface area contributed by atoms with Crippen molar-refractivity contribution in [3.63, 3.8) is 0 Å². The normalized spacial score (nSPS) is 16.1. The number of rotatable bonds is 4. The van der Waals surface area contributed by atoms with Crippen molar-refractivity contribution in [2.45, 2.75) is 46.1 Å². The van der Waals surface area contributed by atoms with E-state index >= 15 is 0 Å². The van der Waals surface area contributed by atoms with E-state index in [1.165, 1.54) is 25.0 Å². The third kappa shape index (κ3) is 4.96. The van der Waals surface area contributed by atoms with Gasteiger partial charge in [-0.3, -0.25) is 9.67 Å². The maximum atomic E-state index is 6.02. The van der Waals surface area contributed by atoms with Gasteiger partial charge >= 0.3 is 0 Å². The molecule has 2 heterocycles. The molecule has 0 amide bonds. The van der Waals surface area contributed by atoms with Gasteiger partial charge in [0.2, 0.25) is 0 Å². The highest BCUT2D eigenvalue weighted by molar-refractivity contribution is 14.0. The summed E-state index contributed by atoms with van der Waals surface area (Å²) in [6.07, 6.45) is 4.78. The first-order valence-electron chi connectivity index (χ1n) is 7.23. The number of likely N-dealkylation sites (tertiary alicyclic amines) is 1. The number of nitrogens with zero attached hydrogens (tertiary/aromatic N) is 4. The van der Waals surface area contributed by atoms with Crippen LogP contribution in [0.15, 0.2) is 11.1 Å². The van der Waals surface area contributed by atoms with Gasteiger partial charge in [0.1, 0.15) is 0 Å². The zero-order valence-corrected chi connectivity index (χ0v) is 14.8. The number of halogens is 1. The Kier molecular flexibility index (Phi) is 7.32. The van der Waals surface area contributed by atoms with E-state index < -0.39 is 0 Å². The fourth-order valence-corrected chi connectivity index (χ4v) is 2.54. The van der Waals surface area contributed by atoms with Crippen LogP contribution in [0.5, 0.6) is 0 Å². The number of aromatic nitrogens is 2. The molecule has 0 spiro atoms. The van der Waals surface area contributed by atoms with E-state index in [0.717, 1.165) is 38.3 Å². The molecule has 114 valence electrons. The van der Waals surface area contributed by atoms with Gasteiger partial charge < -0.3 is 10.6 Å². The summed E-state index contributed by atoms with van der Waals surface area (Å²) in [6, 6.07) is 2.10. The van der Waals surface area contributed by atoms with Gasteiger partial charge in [-0.05, 0) is 45.6 Å². The van der Waals surface area contributed by atoms with Crippen molar-refractivity contribution < 1.29 is 0 Å². The minimum absolute atomic E-state index is 0. The zero-order chi connectivity index (χ0) is 13.7. The molecule has 0 atom stereocenters. The van der Waals surface area contributed by atoms with Gasteiger partial charge in [-0.15, -0.1) is 24.0 Å². The Bertz CT molecular complexity index is 435. The standard InChI is InChI=1S/C14H25N5.HI/c1-12-11-13(2)19(17-12)10-6-7-16-14(15)18-8-4-3-5-9-18;/h11H,3-10H2,1-2H3,(H2,15,16);1H. The van der Waals surface area contributed by atoms with E-state index in [1.807, 2.05) is 11.6 Å². The molecule has 0 unspecified atom stereocenters. The molecule has 0 aromatic carbocycles. The van der Waals surface area contributed by atoms with Gasteiger partial charge in [-0.2, -0.15) is 5.10 Å². The van der Waals surface area contributed by atoms with Crippen LogP contribution in [0.25, 0.3) is 0 Å². The van der Waals surface area contributed by atoms with Gasteiger partial charge in [0.25, 0.3) is 0 Å². The predicted octanol–water partition coefficient (Wildman–Crippen LogP) is 2.31. The Morgan fingerprint density at radius 3 is 2.60 bits per heavy atom. The molecule has 2 rings (SSSR count). The van der Waals surface area contributed by atoms with Crippen LogP contribution in [0.3, 0.4) is 0 Å². The van der Waals surface area contributed by atoms with Crippen molar-refractivity contribution in [2.24, 2.45) is 10.7 Å². The predicted molar refractivity (Wildman–Crippen MR) is 93.6 cm³/mol. The van der Waals surface area contributed by atoms with Gasteiger partial charge in [-0.1, -0.05) is 0 Å².